The van der Waals surface area contributed by atoms with E-state index in [1.165, 1.54) is 16.0 Å². The van der Waals surface area contributed by atoms with Crippen molar-refractivity contribution in [1.82, 2.24) is 9.88 Å². The van der Waals surface area contributed by atoms with Crippen LogP contribution in [0.5, 0.6) is 11.5 Å². The molecule has 2 aliphatic heterocycles. The molecule has 2 aromatic carbocycles. The van der Waals surface area contributed by atoms with Crippen LogP contribution in [-0.4, -0.2) is 53.2 Å². The Morgan fingerprint density at radius 3 is 2.74 bits per heavy atom. The normalized spacial score (nSPS) is 18.4. The molecule has 0 saturated carbocycles. The molecular weight excluding hydrogens is 467 g/mol. The fourth-order valence-electron chi connectivity index (χ4n) is 4.81. The third kappa shape index (κ3) is 4.88. The second-order valence-corrected chi connectivity index (χ2v) is 11.1. The zero-order valence-corrected chi connectivity index (χ0v) is 21.1. The molecule has 1 atom stereocenters. The SMILES string of the molecule is Cc1nc(C)c(C2=C(c3ccc(O[C@H]4CCN(CCCF)C4)cc3)c3ccc(O)cc3SC2)s1. The molecule has 5 rings (SSSR count). The molecule has 0 aliphatic carbocycles. The van der Waals surface area contributed by atoms with E-state index in [-0.39, 0.29) is 12.8 Å². The molecule has 0 unspecified atom stereocenters. The molecule has 1 fully saturated rings. The summed E-state index contributed by atoms with van der Waals surface area (Å²) in [5.74, 6) is 1.99. The Morgan fingerprint density at radius 2 is 2.00 bits per heavy atom. The first-order valence-corrected chi connectivity index (χ1v) is 13.5. The topological polar surface area (TPSA) is 45.6 Å². The molecule has 178 valence electrons. The molecule has 0 bridgehead atoms. The number of hydrogen-bond acceptors (Lipinski definition) is 6. The van der Waals surface area contributed by atoms with Gasteiger partial charge >= 0.3 is 0 Å². The summed E-state index contributed by atoms with van der Waals surface area (Å²) in [4.78, 5) is 9.28. The fourth-order valence-corrected chi connectivity index (χ4v) is 6.99. The minimum atomic E-state index is -0.261. The number of likely N-dealkylation sites (tertiary alicyclic amines) is 1. The number of aromatic nitrogens is 1. The van der Waals surface area contributed by atoms with Crippen LogP contribution in [0, 0.1) is 13.8 Å². The lowest BCUT2D eigenvalue weighted by atomic mass is 9.92. The molecule has 0 amide bonds. The summed E-state index contributed by atoms with van der Waals surface area (Å²) in [6.45, 7) is 6.50. The summed E-state index contributed by atoms with van der Waals surface area (Å²) in [6.07, 6.45) is 1.72. The van der Waals surface area contributed by atoms with Crippen molar-refractivity contribution >= 4 is 34.2 Å². The van der Waals surface area contributed by atoms with E-state index in [4.69, 9.17) is 4.74 Å². The monoisotopic (exact) mass is 496 g/mol. The number of aryl methyl sites for hydroxylation is 2. The van der Waals surface area contributed by atoms with Crippen molar-refractivity contribution in [3.63, 3.8) is 0 Å². The van der Waals surface area contributed by atoms with Gasteiger partial charge in [0.15, 0.2) is 0 Å². The molecule has 0 radical (unpaired) electrons. The van der Waals surface area contributed by atoms with Gasteiger partial charge in [-0.2, -0.15) is 0 Å². The second kappa shape index (κ2) is 10.1. The summed E-state index contributed by atoms with van der Waals surface area (Å²) in [6, 6.07) is 14.0. The summed E-state index contributed by atoms with van der Waals surface area (Å²) in [5, 5.41) is 11.1. The Morgan fingerprint density at radius 1 is 1.18 bits per heavy atom. The number of fused-ring (bicyclic) bond motifs is 1. The maximum Gasteiger partial charge on any atom is 0.119 e. The van der Waals surface area contributed by atoms with Crippen molar-refractivity contribution in [3.8, 4) is 11.5 Å². The average Bonchev–Trinajstić information content (AvgIpc) is 3.42. The molecule has 0 spiro atoms. The molecule has 3 heterocycles. The zero-order valence-electron chi connectivity index (χ0n) is 19.5. The lowest BCUT2D eigenvalue weighted by Gasteiger charge is -2.24. The van der Waals surface area contributed by atoms with Gasteiger partial charge in [-0.25, -0.2) is 4.98 Å². The van der Waals surface area contributed by atoms with Gasteiger partial charge in [-0.05, 0) is 79.3 Å². The van der Waals surface area contributed by atoms with Gasteiger partial charge in [0.1, 0.15) is 17.6 Å². The molecule has 4 nitrogen and oxygen atoms in total. The molecule has 1 saturated heterocycles. The van der Waals surface area contributed by atoms with Crippen molar-refractivity contribution in [2.45, 2.75) is 37.7 Å². The number of phenols is 1. The molecule has 2 aliphatic rings. The molecule has 1 N–H and O–H groups in total. The number of ether oxygens (including phenoxy) is 1. The number of alkyl halides is 1. The van der Waals surface area contributed by atoms with E-state index < -0.39 is 0 Å². The number of thiazole rings is 1. The number of benzene rings is 2. The molecule has 1 aromatic heterocycles. The van der Waals surface area contributed by atoms with Crippen molar-refractivity contribution < 1.29 is 14.2 Å². The standard InChI is InChI=1S/C27H29FN2O2S2/c1-17-27(34-18(2)29-17)24-16-33-25-14-20(31)6-9-23(25)26(24)19-4-7-21(8-5-19)32-22-10-13-30(15-22)12-3-11-28/h4-9,14,22,31H,3,10-13,15-16H2,1-2H3/t22-/m0/s1. The number of rotatable bonds is 7. The van der Waals surface area contributed by atoms with Gasteiger partial charge in [0.25, 0.3) is 0 Å². The molecular formula is C27H29FN2O2S2. The third-order valence-electron chi connectivity index (χ3n) is 6.37. The Bertz CT molecular complexity index is 1210. The second-order valence-electron chi connectivity index (χ2n) is 8.87. The number of halogens is 1. The van der Waals surface area contributed by atoms with Crippen LogP contribution in [0.1, 0.15) is 39.5 Å². The van der Waals surface area contributed by atoms with Crippen molar-refractivity contribution in [2.75, 3.05) is 32.1 Å². The van der Waals surface area contributed by atoms with E-state index >= 15 is 0 Å². The number of hydrogen-bond donors (Lipinski definition) is 1. The predicted octanol–water partition coefficient (Wildman–Crippen LogP) is 6.34. The minimum Gasteiger partial charge on any atom is -0.508 e. The first-order chi connectivity index (χ1) is 16.5. The van der Waals surface area contributed by atoms with Gasteiger partial charge in [0.2, 0.25) is 0 Å². The predicted molar refractivity (Wildman–Crippen MR) is 139 cm³/mol. The van der Waals surface area contributed by atoms with Crippen LogP contribution in [0.4, 0.5) is 4.39 Å². The number of nitrogens with zero attached hydrogens (tertiary/aromatic N) is 2. The highest BCUT2D eigenvalue weighted by atomic mass is 32.2. The van der Waals surface area contributed by atoms with Crippen LogP contribution in [-0.2, 0) is 0 Å². The van der Waals surface area contributed by atoms with Gasteiger partial charge < -0.3 is 9.84 Å². The zero-order chi connectivity index (χ0) is 23.7. The molecule has 7 heteroatoms. The highest BCUT2D eigenvalue weighted by Crippen LogP contribution is 2.47. The quantitative estimate of drug-likeness (QED) is 0.413. The highest BCUT2D eigenvalue weighted by Gasteiger charge is 2.26. The lowest BCUT2D eigenvalue weighted by Crippen LogP contribution is -2.26. The van der Waals surface area contributed by atoms with Crippen LogP contribution >= 0.6 is 23.1 Å². The van der Waals surface area contributed by atoms with E-state index in [1.807, 2.05) is 12.1 Å². The Kier molecular flexibility index (Phi) is 6.95. The van der Waals surface area contributed by atoms with Crippen LogP contribution in [0.25, 0.3) is 11.1 Å². The van der Waals surface area contributed by atoms with E-state index in [9.17, 15) is 9.50 Å². The van der Waals surface area contributed by atoms with E-state index in [0.29, 0.717) is 12.2 Å². The Labute approximate surface area is 208 Å². The smallest absolute Gasteiger partial charge is 0.119 e. The highest BCUT2D eigenvalue weighted by molar-refractivity contribution is 8.00. The molecule has 34 heavy (non-hydrogen) atoms. The molecule has 3 aromatic rings. The summed E-state index contributed by atoms with van der Waals surface area (Å²) in [7, 11) is 0. The van der Waals surface area contributed by atoms with Crippen LogP contribution in [0.2, 0.25) is 0 Å². The summed E-state index contributed by atoms with van der Waals surface area (Å²) < 4.78 is 18.7. The van der Waals surface area contributed by atoms with Crippen molar-refractivity contribution in [3.05, 3.63) is 69.2 Å². The summed E-state index contributed by atoms with van der Waals surface area (Å²) in [5.41, 5.74) is 5.83. The average molecular weight is 497 g/mol. The van der Waals surface area contributed by atoms with Gasteiger partial charge in [0, 0.05) is 30.3 Å². The fraction of sp³-hybridized carbons (Fsp3) is 0.370. The van der Waals surface area contributed by atoms with Gasteiger partial charge in [-0.15, -0.1) is 23.1 Å². The van der Waals surface area contributed by atoms with Gasteiger partial charge in [-0.3, -0.25) is 9.29 Å². The van der Waals surface area contributed by atoms with Crippen LogP contribution in [0.15, 0.2) is 47.4 Å². The largest absolute Gasteiger partial charge is 0.508 e. The minimum absolute atomic E-state index is 0.151. The van der Waals surface area contributed by atoms with E-state index in [0.717, 1.165) is 64.3 Å². The summed E-state index contributed by atoms with van der Waals surface area (Å²) >= 11 is 3.50. The van der Waals surface area contributed by atoms with Gasteiger partial charge in [0.05, 0.1) is 22.3 Å². The van der Waals surface area contributed by atoms with Gasteiger partial charge in [-0.1, -0.05) is 12.1 Å². The van der Waals surface area contributed by atoms with Crippen LogP contribution in [0.3, 0.4) is 0 Å². The van der Waals surface area contributed by atoms with Crippen molar-refractivity contribution in [1.29, 1.82) is 0 Å². The van der Waals surface area contributed by atoms with Crippen molar-refractivity contribution in [2.24, 2.45) is 0 Å². The maximum absolute atomic E-state index is 12.5. The van der Waals surface area contributed by atoms with E-state index in [2.05, 4.69) is 48.0 Å². The third-order valence-corrected chi connectivity index (χ3v) is 8.58. The Balaban J connectivity index is 1.45. The first kappa shape index (κ1) is 23.4. The lowest BCUT2D eigenvalue weighted by molar-refractivity contribution is 0.198. The number of aromatic hydroxyl groups is 1. The number of phenolic OH excluding ortho intramolecular Hbond substituents is 1. The Hall–Kier alpha value is -2.35. The van der Waals surface area contributed by atoms with Crippen LogP contribution < -0.4 is 4.74 Å². The number of thioether (sulfide) groups is 1. The van der Waals surface area contributed by atoms with E-state index in [1.54, 1.807) is 29.2 Å². The maximum atomic E-state index is 12.5. The first-order valence-electron chi connectivity index (χ1n) is 11.7.